The minimum Gasteiger partial charge on any atom is -0.459 e. The molecule has 0 radical (unpaired) electrons. The summed E-state index contributed by atoms with van der Waals surface area (Å²) in [5.74, 6) is 0.0709. The van der Waals surface area contributed by atoms with Crippen LogP contribution in [0.2, 0.25) is 0 Å². The Kier molecular flexibility index (Phi) is 4.22. The van der Waals surface area contributed by atoms with E-state index in [1.807, 2.05) is 0 Å². The first-order chi connectivity index (χ1) is 11.7. The van der Waals surface area contributed by atoms with Crippen LogP contribution in [0.25, 0.3) is 4.96 Å². The van der Waals surface area contributed by atoms with Crippen molar-refractivity contribution in [3.05, 3.63) is 44.8 Å². The number of nitrogens with zero attached hydrogens (tertiary/aromatic N) is 2. The van der Waals surface area contributed by atoms with Crippen LogP contribution in [0, 0.1) is 5.92 Å². The molecule has 0 spiro atoms. The van der Waals surface area contributed by atoms with Crippen LogP contribution in [0.1, 0.15) is 48.4 Å². The van der Waals surface area contributed by atoms with Crippen LogP contribution < -0.4 is 5.56 Å². The van der Waals surface area contributed by atoms with Gasteiger partial charge in [0.15, 0.2) is 4.96 Å². The number of rotatable bonds is 4. The van der Waals surface area contributed by atoms with Crippen LogP contribution in [-0.4, -0.2) is 15.4 Å². The fraction of sp³-hybridized carbons (Fsp3) is 0.500. The summed E-state index contributed by atoms with van der Waals surface area (Å²) in [4.78, 5) is 30.9. The lowest BCUT2D eigenvalue weighted by molar-refractivity contribution is -0.145. The molecule has 0 amide bonds. The molecular weight excluding hydrogens is 324 g/mol. The summed E-state index contributed by atoms with van der Waals surface area (Å²) >= 11 is 1.59. The van der Waals surface area contributed by atoms with Gasteiger partial charge in [-0.3, -0.25) is 14.0 Å². The molecule has 6 heteroatoms. The molecule has 2 aliphatic carbocycles. The number of aromatic nitrogens is 2. The highest BCUT2D eigenvalue weighted by Gasteiger charge is 2.19. The molecule has 0 saturated carbocycles. The van der Waals surface area contributed by atoms with Crippen molar-refractivity contribution in [1.29, 1.82) is 0 Å². The molecule has 0 bridgehead atoms. The molecule has 0 aromatic carbocycles. The molecule has 4 rings (SSSR count). The maximum absolute atomic E-state index is 12.4. The molecule has 0 fully saturated rings. The first kappa shape index (κ1) is 15.6. The minimum absolute atomic E-state index is 0.0656. The topological polar surface area (TPSA) is 60.7 Å². The van der Waals surface area contributed by atoms with Gasteiger partial charge in [0.1, 0.15) is 6.61 Å². The fourth-order valence-electron chi connectivity index (χ4n) is 3.51. The highest BCUT2D eigenvalue weighted by Crippen LogP contribution is 2.28. The lowest BCUT2D eigenvalue weighted by Crippen LogP contribution is -2.19. The molecule has 5 nitrogen and oxygen atoms in total. The van der Waals surface area contributed by atoms with Crippen molar-refractivity contribution in [2.75, 3.05) is 0 Å². The summed E-state index contributed by atoms with van der Waals surface area (Å²) in [6.45, 7) is 0.0730. The first-order valence-corrected chi connectivity index (χ1v) is 9.38. The Morgan fingerprint density at radius 3 is 3.08 bits per heavy atom. The van der Waals surface area contributed by atoms with Gasteiger partial charge in [-0.05, 0) is 44.4 Å². The molecule has 24 heavy (non-hydrogen) atoms. The number of ether oxygens (including phenoxy) is 1. The second-order valence-electron chi connectivity index (χ2n) is 6.51. The lowest BCUT2D eigenvalue weighted by Gasteiger charge is -2.10. The van der Waals surface area contributed by atoms with Crippen LogP contribution in [0.3, 0.4) is 0 Å². The Labute approximate surface area is 144 Å². The summed E-state index contributed by atoms with van der Waals surface area (Å²) in [6.07, 6.45) is 10.9. The predicted octanol–water partition coefficient (Wildman–Crippen LogP) is 3.03. The van der Waals surface area contributed by atoms with E-state index in [0.29, 0.717) is 18.0 Å². The zero-order valence-electron chi connectivity index (χ0n) is 13.5. The van der Waals surface area contributed by atoms with Crippen molar-refractivity contribution in [2.45, 2.75) is 51.6 Å². The van der Waals surface area contributed by atoms with Crippen LogP contribution >= 0.6 is 11.3 Å². The molecule has 0 aliphatic heterocycles. The van der Waals surface area contributed by atoms with E-state index in [2.05, 4.69) is 17.1 Å². The number of hydrogen-bond acceptors (Lipinski definition) is 5. The average molecular weight is 344 g/mol. The van der Waals surface area contributed by atoms with Crippen molar-refractivity contribution in [2.24, 2.45) is 5.92 Å². The Hall–Kier alpha value is -1.95. The Bertz CT molecular complexity index is 865. The summed E-state index contributed by atoms with van der Waals surface area (Å²) < 4.78 is 7.05. The van der Waals surface area contributed by atoms with Gasteiger partial charge < -0.3 is 4.74 Å². The minimum atomic E-state index is -0.223. The largest absolute Gasteiger partial charge is 0.459 e. The van der Waals surface area contributed by atoms with Gasteiger partial charge in [-0.25, -0.2) is 4.98 Å². The summed E-state index contributed by atoms with van der Waals surface area (Å²) in [5, 5.41) is 0. The number of fused-ring (bicyclic) bond motifs is 3. The highest BCUT2D eigenvalue weighted by molar-refractivity contribution is 7.17. The smallest absolute Gasteiger partial charge is 0.306 e. The van der Waals surface area contributed by atoms with Gasteiger partial charge in [0.2, 0.25) is 0 Å². The van der Waals surface area contributed by atoms with Crippen molar-refractivity contribution in [3.8, 4) is 0 Å². The zero-order chi connectivity index (χ0) is 16.5. The number of thiazole rings is 1. The molecular formula is C18H20N2O3S. The number of aryl methyl sites for hydroxylation is 2. The Morgan fingerprint density at radius 1 is 1.38 bits per heavy atom. The molecule has 2 heterocycles. The second kappa shape index (κ2) is 6.51. The van der Waals surface area contributed by atoms with Crippen LogP contribution in [0.4, 0.5) is 0 Å². The Morgan fingerprint density at radius 2 is 2.25 bits per heavy atom. The summed E-state index contributed by atoms with van der Waals surface area (Å²) in [6, 6.07) is 1.50. The molecule has 0 saturated heterocycles. The van der Waals surface area contributed by atoms with E-state index in [-0.39, 0.29) is 18.1 Å². The van der Waals surface area contributed by atoms with Gasteiger partial charge in [-0.15, -0.1) is 11.3 Å². The molecule has 2 aromatic heterocycles. The van der Waals surface area contributed by atoms with Gasteiger partial charge in [-0.1, -0.05) is 12.2 Å². The fourth-order valence-corrected chi connectivity index (χ4v) is 4.74. The second-order valence-corrected chi connectivity index (χ2v) is 7.58. The number of carbonyl (C=O) groups excluding carboxylic acids is 1. The zero-order valence-corrected chi connectivity index (χ0v) is 14.3. The van der Waals surface area contributed by atoms with Gasteiger partial charge in [0.25, 0.3) is 5.56 Å². The SMILES string of the molecule is O=C(C[C@H]1C=CCC1)OCc1cc(=O)n2c3c(sc2n1)CCCC3. The van der Waals surface area contributed by atoms with Crippen molar-refractivity contribution in [3.63, 3.8) is 0 Å². The molecule has 2 aromatic rings. The number of allylic oxidation sites excluding steroid dienone is 2. The standard InChI is InChI=1S/C18H20N2O3S/c21-16-10-13(11-23-17(22)9-12-5-1-2-6-12)19-18-20(16)14-7-3-4-8-15(14)24-18/h1,5,10,12H,2-4,6-9,11H2/t12-/m0/s1. The maximum Gasteiger partial charge on any atom is 0.306 e. The third-order valence-corrected chi connectivity index (χ3v) is 5.88. The van der Waals surface area contributed by atoms with Crippen molar-refractivity contribution < 1.29 is 9.53 Å². The van der Waals surface area contributed by atoms with Gasteiger partial charge in [0.05, 0.1) is 12.1 Å². The monoisotopic (exact) mass is 344 g/mol. The lowest BCUT2D eigenvalue weighted by atomic mass is 10.0. The average Bonchev–Trinajstić information content (AvgIpc) is 3.19. The van der Waals surface area contributed by atoms with Crippen LogP contribution in [0.5, 0.6) is 0 Å². The van der Waals surface area contributed by atoms with E-state index in [1.54, 1.807) is 15.7 Å². The van der Waals surface area contributed by atoms with E-state index in [9.17, 15) is 9.59 Å². The van der Waals surface area contributed by atoms with E-state index in [4.69, 9.17) is 4.74 Å². The summed E-state index contributed by atoms with van der Waals surface area (Å²) in [7, 11) is 0. The van der Waals surface area contributed by atoms with E-state index in [0.717, 1.165) is 42.8 Å². The van der Waals surface area contributed by atoms with Gasteiger partial charge in [-0.2, -0.15) is 0 Å². The molecule has 0 N–H and O–H groups in total. The van der Waals surface area contributed by atoms with Crippen LogP contribution in [0.15, 0.2) is 23.0 Å². The molecule has 2 aliphatic rings. The van der Waals surface area contributed by atoms with E-state index in [1.165, 1.54) is 17.4 Å². The van der Waals surface area contributed by atoms with Crippen LogP contribution in [-0.2, 0) is 29.0 Å². The first-order valence-electron chi connectivity index (χ1n) is 8.56. The quantitative estimate of drug-likeness (QED) is 0.632. The third kappa shape index (κ3) is 3.02. The van der Waals surface area contributed by atoms with Gasteiger partial charge in [0, 0.05) is 16.6 Å². The normalized spacial score (nSPS) is 19.6. The predicted molar refractivity (Wildman–Crippen MR) is 92.3 cm³/mol. The number of carbonyl (C=O) groups is 1. The Balaban J connectivity index is 1.49. The third-order valence-electron chi connectivity index (χ3n) is 4.74. The van der Waals surface area contributed by atoms with E-state index >= 15 is 0 Å². The van der Waals surface area contributed by atoms with Crippen molar-refractivity contribution >= 4 is 22.3 Å². The maximum atomic E-state index is 12.4. The molecule has 126 valence electrons. The van der Waals surface area contributed by atoms with E-state index < -0.39 is 0 Å². The number of esters is 1. The summed E-state index contributed by atoms with van der Waals surface area (Å²) in [5.41, 5.74) is 1.59. The van der Waals surface area contributed by atoms with Crippen molar-refractivity contribution in [1.82, 2.24) is 9.38 Å². The highest BCUT2D eigenvalue weighted by atomic mass is 32.1. The number of hydrogen-bond donors (Lipinski definition) is 0. The molecule has 1 atom stereocenters. The molecule has 0 unspecified atom stereocenters. The van der Waals surface area contributed by atoms with Gasteiger partial charge >= 0.3 is 5.97 Å².